The zero-order valence-corrected chi connectivity index (χ0v) is 12.1. The van der Waals surface area contributed by atoms with Crippen LogP contribution in [0, 0.1) is 0 Å². The van der Waals surface area contributed by atoms with Gasteiger partial charge in [0.1, 0.15) is 0 Å². The van der Waals surface area contributed by atoms with E-state index in [2.05, 4.69) is 9.71 Å². The Kier molecular flexibility index (Phi) is 4.59. The van der Waals surface area contributed by atoms with Crippen molar-refractivity contribution in [1.82, 2.24) is 9.71 Å². The molecule has 0 aliphatic rings. The van der Waals surface area contributed by atoms with E-state index < -0.39 is 10.0 Å². The highest BCUT2D eigenvalue weighted by molar-refractivity contribution is 7.89. The third-order valence-electron chi connectivity index (χ3n) is 3.15. The van der Waals surface area contributed by atoms with Crippen molar-refractivity contribution < 1.29 is 13.5 Å². The van der Waals surface area contributed by atoms with Crippen molar-refractivity contribution in [1.29, 1.82) is 0 Å². The van der Waals surface area contributed by atoms with Crippen LogP contribution >= 0.6 is 0 Å². The molecule has 0 bridgehead atoms. The monoisotopic (exact) mass is 294 g/mol. The molecule has 0 radical (unpaired) electrons. The fraction of sp³-hybridized carbons (Fsp3) is 0.286. The Morgan fingerprint density at radius 2 is 1.95 bits per heavy atom. The van der Waals surface area contributed by atoms with Gasteiger partial charge in [0.05, 0.1) is 11.5 Å². The van der Waals surface area contributed by atoms with Crippen molar-refractivity contribution in [3.8, 4) is 0 Å². The highest BCUT2D eigenvalue weighted by Crippen LogP contribution is 2.13. The van der Waals surface area contributed by atoms with E-state index in [1.807, 2.05) is 31.2 Å². The first-order chi connectivity index (χ1) is 9.56. The Labute approximate surface area is 118 Å². The molecule has 0 fully saturated rings. The van der Waals surface area contributed by atoms with Crippen LogP contribution in [0.15, 0.2) is 41.4 Å². The summed E-state index contributed by atoms with van der Waals surface area (Å²) in [5.41, 5.74) is 2.57. The molecular weight excluding hydrogens is 276 g/mol. The van der Waals surface area contributed by atoms with Crippen LogP contribution in [0.1, 0.15) is 23.7 Å². The topological polar surface area (TPSA) is 82.2 Å². The van der Waals surface area contributed by atoms with E-state index in [1.54, 1.807) is 0 Å². The lowest BCUT2D eigenvalue weighted by Crippen LogP contribution is -2.23. The van der Waals surface area contributed by atoms with Gasteiger partial charge in [-0.05, 0) is 23.6 Å². The maximum Gasteiger partial charge on any atom is 0.242 e. The second-order valence-electron chi connectivity index (χ2n) is 4.47. The van der Waals surface area contributed by atoms with Gasteiger partial charge in [0.25, 0.3) is 0 Å². The zero-order chi connectivity index (χ0) is 14.6. The summed E-state index contributed by atoms with van der Waals surface area (Å²) < 4.78 is 26.8. The minimum Gasteiger partial charge on any atom is -0.390 e. The number of aromatic amines is 1. The first kappa shape index (κ1) is 14.8. The van der Waals surface area contributed by atoms with Crippen LogP contribution in [0.25, 0.3) is 0 Å². The molecule has 0 spiro atoms. The molecule has 5 nitrogen and oxygen atoms in total. The second kappa shape index (κ2) is 6.21. The number of aliphatic hydroxyl groups is 1. The molecule has 1 heterocycles. The van der Waals surface area contributed by atoms with Gasteiger partial charge in [-0.2, -0.15) is 0 Å². The summed E-state index contributed by atoms with van der Waals surface area (Å²) in [6.07, 6.45) is 2.23. The number of hydrogen-bond acceptors (Lipinski definition) is 3. The molecular formula is C14H18N2O3S. The van der Waals surface area contributed by atoms with Crippen LogP contribution < -0.4 is 4.72 Å². The minimum atomic E-state index is -3.57. The van der Waals surface area contributed by atoms with E-state index in [0.29, 0.717) is 5.69 Å². The quantitative estimate of drug-likeness (QED) is 0.756. The van der Waals surface area contributed by atoms with E-state index >= 15 is 0 Å². The molecule has 0 aliphatic carbocycles. The lowest BCUT2D eigenvalue weighted by atomic mass is 10.1. The average molecular weight is 294 g/mol. The van der Waals surface area contributed by atoms with Crippen molar-refractivity contribution in [2.45, 2.75) is 31.4 Å². The Morgan fingerprint density at radius 1 is 1.25 bits per heavy atom. The number of aryl methyl sites for hydroxylation is 1. The van der Waals surface area contributed by atoms with Gasteiger partial charge in [-0.3, -0.25) is 0 Å². The van der Waals surface area contributed by atoms with E-state index in [-0.39, 0.29) is 18.0 Å². The van der Waals surface area contributed by atoms with Crippen molar-refractivity contribution >= 4 is 10.0 Å². The van der Waals surface area contributed by atoms with Crippen LogP contribution in [0.4, 0.5) is 0 Å². The minimum absolute atomic E-state index is 0.135. The Bertz CT molecular complexity index is 677. The molecule has 2 rings (SSSR count). The van der Waals surface area contributed by atoms with Gasteiger partial charge >= 0.3 is 0 Å². The number of nitrogens with one attached hydrogen (secondary N) is 2. The predicted octanol–water partition coefficient (Wildman–Crippen LogP) is 1.55. The van der Waals surface area contributed by atoms with Crippen molar-refractivity contribution in [3.05, 3.63) is 53.3 Å². The van der Waals surface area contributed by atoms with Crippen LogP contribution in [0.3, 0.4) is 0 Å². The lowest BCUT2D eigenvalue weighted by molar-refractivity contribution is 0.277. The molecule has 0 aliphatic heterocycles. The Balaban J connectivity index is 2.13. The highest BCUT2D eigenvalue weighted by Gasteiger charge is 2.16. The summed E-state index contributed by atoms with van der Waals surface area (Å²) in [5.74, 6) is 0. The normalized spacial score (nSPS) is 11.7. The van der Waals surface area contributed by atoms with Gasteiger partial charge in [0.2, 0.25) is 10.0 Å². The van der Waals surface area contributed by atoms with E-state index in [1.165, 1.54) is 12.3 Å². The van der Waals surface area contributed by atoms with Crippen molar-refractivity contribution in [3.63, 3.8) is 0 Å². The van der Waals surface area contributed by atoms with E-state index in [0.717, 1.165) is 17.5 Å². The highest BCUT2D eigenvalue weighted by atomic mass is 32.2. The zero-order valence-electron chi connectivity index (χ0n) is 11.3. The molecule has 108 valence electrons. The van der Waals surface area contributed by atoms with Crippen molar-refractivity contribution in [2.75, 3.05) is 0 Å². The van der Waals surface area contributed by atoms with Crippen LogP contribution in [0.5, 0.6) is 0 Å². The molecule has 0 saturated carbocycles. The number of benzene rings is 1. The molecule has 3 N–H and O–H groups in total. The number of hydrogen-bond donors (Lipinski definition) is 3. The number of aliphatic hydroxyl groups excluding tert-OH is 1. The fourth-order valence-electron chi connectivity index (χ4n) is 2.00. The van der Waals surface area contributed by atoms with Gasteiger partial charge in [-0.15, -0.1) is 0 Å². The summed E-state index contributed by atoms with van der Waals surface area (Å²) in [4.78, 5) is 2.85. The van der Waals surface area contributed by atoms with Crippen LogP contribution in [-0.2, 0) is 29.6 Å². The summed E-state index contributed by atoms with van der Waals surface area (Å²) in [6.45, 7) is 2.08. The standard InChI is InChI=1S/C14H18N2O3S/c1-2-11-5-3-4-6-12(11)8-16-20(18,19)14-7-13(10-17)15-9-14/h3-7,9,15-17H,2,8,10H2,1H3. The number of H-pyrrole nitrogens is 1. The molecule has 0 atom stereocenters. The fourth-order valence-corrected chi connectivity index (χ4v) is 3.02. The molecule has 1 aromatic carbocycles. The molecule has 2 aromatic rings. The first-order valence-corrected chi connectivity index (χ1v) is 7.89. The molecule has 20 heavy (non-hydrogen) atoms. The summed E-state index contributed by atoms with van der Waals surface area (Å²) >= 11 is 0. The third-order valence-corrected chi connectivity index (χ3v) is 4.53. The number of rotatable bonds is 6. The van der Waals surface area contributed by atoms with Gasteiger partial charge < -0.3 is 10.1 Å². The first-order valence-electron chi connectivity index (χ1n) is 6.41. The van der Waals surface area contributed by atoms with Crippen molar-refractivity contribution in [2.24, 2.45) is 0 Å². The van der Waals surface area contributed by atoms with Gasteiger partial charge in [0.15, 0.2) is 0 Å². The summed E-state index contributed by atoms with van der Waals surface area (Å²) in [6, 6.07) is 9.16. The van der Waals surface area contributed by atoms with E-state index in [9.17, 15) is 8.42 Å². The van der Waals surface area contributed by atoms with Gasteiger partial charge in [0, 0.05) is 18.4 Å². The Hall–Kier alpha value is -1.63. The van der Waals surface area contributed by atoms with Gasteiger partial charge in [-0.1, -0.05) is 31.2 Å². The number of aromatic nitrogens is 1. The molecule has 0 saturated heterocycles. The van der Waals surface area contributed by atoms with Crippen LogP contribution in [0.2, 0.25) is 0 Å². The number of sulfonamides is 1. The van der Waals surface area contributed by atoms with Crippen LogP contribution in [-0.4, -0.2) is 18.5 Å². The smallest absolute Gasteiger partial charge is 0.242 e. The molecule has 6 heteroatoms. The molecule has 0 amide bonds. The largest absolute Gasteiger partial charge is 0.390 e. The SMILES string of the molecule is CCc1ccccc1CNS(=O)(=O)c1c[nH]c(CO)c1. The summed E-state index contributed by atoms with van der Waals surface area (Å²) in [7, 11) is -3.57. The third kappa shape index (κ3) is 3.27. The predicted molar refractivity (Wildman–Crippen MR) is 76.6 cm³/mol. The second-order valence-corrected chi connectivity index (χ2v) is 6.23. The maximum absolute atomic E-state index is 12.1. The molecule has 1 aromatic heterocycles. The van der Waals surface area contributed by atoms with Gasteiger partial charge in [-0.25, -0.2) is 13.1 Å². The Morgan fingerprint density at radius 3 is 2.55 bits per heavy atom. The average Bonchev–Trinajstić information content (AvgIpc) is 2.95. The van der Waals surface area contributed by atoms with E-state index in [4.69, 9.17) is 5.11 Å². The lowest BCUT2D eigenvalue weighted by Gasteiger charge is -2.09. The maximum atomic E-state index is 12.1. The summed E-state index contributed by atoms with van der Waals surface area (Å²) in [5, 5.41) is 8.95. The molecule has 0 unspecified atom stereocenters.